The number of hydrogen-bond donors (Lipinski definition) is 1. The number of carbonyl (C=O) groups is 2. The van der Waals surface area contributed by atoms with Gasteiger partial charge in [-0.25, -0.2) is 4.99 Å². The lowest BCUT2D eigenvalue weighted by Crippen LogP contribution is -2.59. The second kappa shape index (κ2) is 7.72. The van der Waals surface area contributed by atoms with E-state index in [0.29, 0.717) is 28.5 Å². The zero-order chi connectivity index (χ0) is 23.2. The lowest BCUT2D eigenvalue weighted by atomic mass is 9.66. The Kier molecular flexibility index (Phi) is 4.83. The number of amides is 2. The lowest BCUT2D eigenvalue weighted by Gasteiger charge is -2.41. The van der Waals surface area contributed by atoms with Gasteiger partial charge in [-0.3, -0.25) is 14.5 Å². The van der Waals surface area contributed by atoms with Crippen LogP contribution in [0.3, 0.4) is 0 Å². The highest BCUT2D eigenvalue weighted by Crippen LogP contribution is 2.49. The molecule has 3 aromatic rings. The van der Waals surface area contributed by atoms with Crippen LogP contribution in [0.15, 0.2) is 77.8 Å². The van der Waals surface area contributed by atoms with Crippen LogP contribution in [0.2, 0.25) is 0 Å². The van der Waals surface area contributed by atoms with Crippen LogP contribution in [0.5, 0.6) is 0 Å². The molecule has 6 nitrogen and oxygen atoms in total. The van der Waals surface area contributed by atoms with E-state index in [9.17, 15) is 14.9 Å². The van der Waals surface area contributed by atoms with E-state index in [2.05, 4.69) is 11.4 Å². The highest BCUT2D eigenvalue weighted by molar-refractivity contribution is 6.26. The van der Waals surface area contributed by atoms with Crippen molar-refractivity contribution in [1.29, 1.82) is 5.26 Å². The molecule has 0 aromatic heterocycles. The molecule has 0 bridgehead atoms. The number of aryl methyl sites for hydroxylation is 2. The van der Waals surface area contributed by atoms with Gasteiger partial charge < -0.3 is 5.32 Å². The fourth-order valence-corrected chi connectivity index (χ4v) is 4.69. The molecule has 6 heteroatoms. The highest BCUT2D eigenvalue weighted by Gasteiger charge is 2.60. The van der Waals surface area contributed by atoms with Crippen molar-refractivity contribution in [3.05, 3.63) is 89.5 Å². The summed E-state index contributed by atoms with van der Waals surface area (Å²) >= 11 is 0. The number of anilines is 2. The maximum absolute atomic E-state index is 13.9. The van der Waals surface area contributed by atoms with Crippen LogP contribution in [0.1, 0.15) is 23.1 Å². The lowest BCUT2D eigenvalue weighted by molar-refractivity contribution is -0.130. The Morgan fingerprint density at radius 1 is 0.970 bits per heavy atom. The zero-order valence-corrected chi connectivity index (χ0v) is 18.4. The first-order chi connectivity index (χ1) is 15.9. The Hall–Kier alpha value is -4.24. The van der Waals surface area contributed by atoms with Crippen molar-refractivity contribution in [2.75, 3.05) is 10.2 Å². The van der Waals surface area contributed by atoms with Crippen molar-refractivity contribution in [2.24, 2.45) is 10.9 Å². The number of benzene rings is 3. The fourth-order valence-electron chi connectivity index (χ4n) is 4.69. The molecule has 33 heavy (non-hydrogen) atoms. The van der Waals surface area contributed by atoms with Gasteiger partial charge in [0.05, 0.1) is 17.4 Å². The molecule has 2 aliphatic rings. The van der Waals surface area contributed by atoms with Crippen LogP contribution >= 0.6 is 0 Å². The van der Waals surface area contributed by atoms with E-state index in [-0.39, 0.29) is 12.3 Å². The molecule has 0 saturated carbocycles. The smallest absolute Gasteiger partial charge is 0.251 e. The summed E-state index contributed by atoms with van der Waals surface area (Å²) < 4.78 is 0. The number of amidine groups is 1. The van der Waals surface area contributed by atoms with E-state index in [4.69, 9.17) is 4.99 Å². The van der Waals surface area contributed by atoms with Crippen molar-refractivity contribution in [1.82, 2.24) is 0 Å². The first-order valence-corrected chi connectivity index (χ1v) is 10.8. The first-order valence-electron chi connectivity index (χ1n) is 10.8. The van der Waals surface area contributed by atoms with Crippen molar-refractivity contribution in [3.8, 4) is 6.07 Å². The van der Waals surface area contributed by atoms with E-state index >= 15 is 0 Å². The summed E-state index contributed by atoms with van der Waals surface area (Å²) in [5.74, 6) is -1.54. The molecule has 0 radical (unpaired) electrons. The van der Waals surface area contributed by atoms with E-state index in [0.717, 1.165) is 11.1 Å². The van der Waals surface area contributed by atoms with Gasteiger partial charge in [-0.05, 0) is 49.7 Å². The molecule has 1 saturated heterocycles. The Morgan fingerprint density at radius 2 is 1.61 bits per heavy atom. The molecular formula is C27H22N4O2. The van der Waals surface area contributed by atoms with Gasteiger partial charge in [0.25, 0.3) is 5.91 Å². The number of para-hydroxylation sites is 1. The van der Waals surface area contributed by atoms with Gasteiger partial charge in [0.15, 0.2) is 0 Å². The van der Waals surface area contributed by atoms with Gasteiger partial charge in [0.2, 0.25) is 5.91 Å². The average Bonchev–Trinajstić information content (AvgIpc) is 3.08. The summed E-state index contributed by atoms with van der Waals surface area (Å²) in [6.07, 6.45) is 0.127. The van der Waals surface area contributed by atoms with Gasteiger partial charge in [-0.2, -0.15) is 5.26 Å². The third-order valence-corrected chi connectivity index (χ3v) is 6.43. The Bertz CT molecular complexity index is 1340. The molecule has 2 unspecified atom stereocenters. The molecule has 1 N–H and O–H groups in total. The molecule has 2 heterocycles. The summed E-state index contributed by atoms with van der Waals surface area (Å²) in [4.78, 5) is 33.5. The summed E-state index contributed by atoms with van der Waals surface area (Å²) in [5.41, 5.74) is 3.42. The van der Waals surface area contributed by atoms with E-state index in [1.807, 2.05) is 80.6 Å². The molecule has 5 rings (SSSR count). The van der Waals surface area contributed by atoms with Gasteiger partial charge in [0.1, 0.15) is 17.2 Å². The first kappa shape index (κ1) is 20.7. The van der Waals surface area contributed by atoms with Crippen molar-refractivity contribution < 1.29 is 9.59 Å². The topological polar surface area (TPSA) is 85.6 Å². The highest BCUT2D eigenvalue weighted by atomic mass is 16.2. The fraction of sp³-hybridized carbons (Fsp3) is 0.185. The molecule has 2 amide bonds. The maximum Gasteiger partial charge on any atom is 0.251 e. The Labute approximate surface area is 192 Å². The molecule has 1 fully saturated rings. The number of fused-ring (bicyclic) bond motifs is 2. The molecule has 162 valence electrons. The molecule has 2 atom stereocenters. The van der Waals surface area contributed by atoms with E-state index in [1.54, 1.807) is 6.07 Å². The van der Waals surface area contributed by atoms with Gasteiger partial charge in [-0.1, -0.05) is 53.6 Å². The number of carbonyl (C=O) groups excluding carboxylic acids is 2. The SMILES string of the molecule is Cc1ccc(N=C2CC3(C(=O)Nc4ccccc43)C(C#N)C(=O)N2c2ccc(C)cc2)cc1. The summed E-state index contributed by atoms with van der Waals surface area (Å²) in [6.45, 7) is 3.96. The van der Waals surface area contributed by atoms with Crippen LogP contribution in [-0.4, -0.2) is 17.6 Å². The number of nitrogens with one attached hydrogen (secondary N) is 1. The predicted octanol–water partition coefficient (Wildman–Crippen LogP) is 4.80. The standard InChI is InChI=1S/C27H22N4O2/c1-17-7-11-19(12-8-17)29-24-15-27(21-5-3-4-6-23(21)30-26(27)33)22(16-28)25(32)31(24)20-13-9-18(2)10-14-20/h3-14,22H,15H2,1-2H3,(H,30,33). The molecule has 1 spiro atoms. The monoisotopic (exact) mass is 434 g/mol. The van der Waals surface area contributed by atoms with Crippen molar-refractivity contribution in [3.63, 3.8) is 0 Å². The normalized spacial score (nSPS) is 22.9. The summed E-state index contributed by atoms with van der Waals surface area (Å²) in [6, 6.07) is 24.6. The third kappa shape index (κ3) is 3.21. The zero-order valence-electron chi connectivity index (χ0n) is 18.4. The second-order valence-electron chi connectivity index (χ2n) is 8.58. The predicted molar refractivity (Wildman–Crippen MR) is 127 cm³/mol. The van der Waals surface area contributed by atoms with Gasteiger partial charge in [0, 0.05) is 12.1 Å². The Morgan fingerprint density at radius 3 is 2.27 bits per heavy atom. The van der Waals surface area contributed by atoms with Crippen LogP contribution < -0.4 is 10.2 Å². The largest absolute Gasteiger partial charge is 0.325 e. The second-order valence-corrected chi connectivity index (χ2v) is 8.58. The number of hydrogen-bond acceptors (Lipinski definition) is 4. The number of aliphatic imine (C=N–C) groups is 1. The third-order valence-electron chi connectivity index (χ3n) is 6.43. The van der Waals surface area contributed by atoms with Crippen LogP contribution in [0.25, 0.3) is 0 Å². The quantitative estimate of drug-likeness (QED) is 0.629. The minimum absolute atomic E-state index is 0.127. The van der Waals surface area contributed by atoms with Crippen molar-refractivity contribution in [2.45, 2.75) is 25.7 Å². The molecule has 3 aromatic carbocycles. The maximum atomic E-state index is 13.9. The van der Waals surface area contributed by atoms with E-state index < -0.39 is 17.2 Å². The molecular weight excluding hydrogens is 412 g/mol. The molecule has 2 aliphatic heterocycles. The Balaban J connectivity index is 1.72. The summed E-state index contributed by atoms with van der Waals surface area (Å²) in [7, 11) is 0. The van der Waals surface area contributed by atoms with Crippen LogP contribution in [0.4, 0.5) is 17.1 Å². The van der Waals surface area contributed by atoms with Gasteiger partial charge >= 0.3 is 0 Å². The number of piperidine rings is 1. The number of rotatable bonds is 2. The number of nitriles is 1. The molecule has 0 aliphatic carbocycles. The van der Waals surface area contributed by atoms with Crippen molar-refractivity contribution >= 4 is 34.7 Å². The van der Waals surface area contributed by atoms with Crippen LogP contribution in [-0.2, 0) is 15.0 Å². The number of nitrogens with zero attached hydrogens (tertiary/aromatic N) is 3. The minimum Gasteiger partial charge on any atom is -0.325 e. The van der Waals surface area contributed by atoms with Crippen LogP contribution in [0, 0.1) is 31.1 Å². The minimum atomic E-state index is -1.33. The van der Waals surface area contributed by atoms with E-state index in [1.165, 1.54) is 4.90 Å². The summed E-state index contributed by atoms with van der Waals surface area (Å²) in [5, 5.41) is 13.0. The average molecular weight is 434 g/mol. The van der Waals surface area contributed by atoms with Gasteiger partial charge in [-0.15, -0.1) is 0 Å².